The van der Waals surface area contributed by atoms with Gasteiger partial charge in [-0.25, -0.2) is 4.79 Å². The predicted molar refractivity (Wildman–Crippen MR) is 134 cm³/mol. The number of ether oxygens (including phenoxy) is 1. The fourth-order valence-electron chi connectivity index (χ4n) is 5.86. The van der Waals surface area contributed by atoms with Crippen molar-refractivity contribution in [1.29, 1.82) is 0 Å². The number of nitrogens with one attached hydrogen (secondary N) is 1. The summed E-state index contributed by atoms with van der Waals surface area (Å²) in [5.41, 5.74) is 4.73. The minimum Gasteiger partial charge on any atom is -0.481 e. The van der Waals surface area contributed by atoms with Gasteiger partial charge in [0.2, 0.25) is 5.91 Å². The van der Waals surface area contributed by atoms with Gasteiger partial charge in [-0.2, -0.15) is 11.8 Å². The predicted octanol–water partition coefficient (Wildman–Crippen LogP) is 3.97. The summed E-state index contributed by atoms with van der Waals surface area (Å²) in [6, 6.07) is 16.3. The van der Waals surface area contributed by atoms with Crippen molar-refractivity contribution in [2.45, 2.75) is 31.2 Å². The number of hydrogen-bond acceptors (Lipinski definition) is 5. The highest BCUT2D eigenvalue weighted by atomic mass is 32.2. The summed E-state index contributed by atoms with van der Waals surface area (Å²) in [6.45, 7) is 1.35. The molecule has 0 radical (unpaired) electrons. The Hall–Kier alpha value is -3.00. The van der Waals surface area contributed by atoms with Crippen molar-refractivity contribution in [3.8, 4) is 11.1 Å². The van der Waals surface area contributed by atoms with Gasteiger partial charge >= 0.3 is 12.1 Å². The molecule has 2 saturated heterocycles. The maximum absolute atomic E-state index is 12.7. The lowest BCUT2D eigenvalue weighted by Gasteiger charge is -2.48. The van der Waals surface area contributed by atoms with Crippen molar-refractivity contribution in [3.63, 3.8) is 0 Å². The van der Waals surface area contributed by atoms with E-state index >= 15 is 0 Å². The second-order valence-electron chi connectivity index (χ2n) is 9.54. The van der Waals surface area contributed by atoms with Gasteiger partial charge in [0.05, 0.1) is 11.7 Å². The van der Waals surface area contributed by atoms with Gasteiger partial charge in [0.1, 0.15) is 6.61 Å². The smallest absolute Gasteiger partial charge is 0.407 e. The van der Waals surface area contributed by atoms with E-state index in [2.05, 4.69) is 29.6 Å². The normalized spacial score (nSPS) is 22.4. The van der Waals surface area contributed by atoms with Gasteiger partial charge in [0.25, 0.3) is 0 Å². The van der Waals surface area contributed by atoms with Gasteiger partial charge in [-0.15, -0.1) is 0 Å². The van der Waals surface area contributed by atoms with E-state index in [-0.39, 0.29) is 24.5 Å². The average Bonchev–Trinajstić information content (AvgIpc) is 3.21. The molecule has 2 aromatic carbocycles. The quantitative estimate of drug-likeness (QED) is 0.539. The van der Waals surface area contributed by atoms with Crippen LogP contribution in [0.15, 0.2) is 48.5 Å². The lowest BCUT2D eigenvalue weighted by atomic mass is 9.73. The van der Waals surface area contributed by atoms with Crippen LogP contribution in [0.5, 0.6) is 0 Å². The van der Waals surface area contributed by atoms with E-state index < -0.39 is 18.0 Å². The molecular formula is C27H30N2O5S. The average molecular weight is 495 g/mol. The first-order valence-electron chi connectivity index (χ1n) is 12.2. The zero-order valence-corrected chi connectivity index (χ0v) is 20.3. The summed E-state index contributed by atoms with van der Waals surface area (Å²) in [4.78, 5) is 38.3. The van der Waals surface area contributed by atoms with Gasteiger partial charge in [0, 0.05) is 30.8 Å². The van der Waals surface area contributed by atoms with Gasteiger partial charge in [-0.1, -0.05) is 48.5 Å². The van der Waals surface area contributed by atoms with E-state index in [0.29, 0.717) is 36.9 Å². The van der Waals surface area contributed by atoms with Gasteiger partial charge in [-0.3, -0.25) is 9.59 Å². The van der Waals surface area contributed by atoms with Crippen LogP contribution in [0.1, 0.15) is 36.3 Å². The third-order valence-corrected chi connectivity index (χ3v) is 8.44. The molecule has 2 amide bonds. The molecule has 2 aliphatic heterocycles. The van der Waals surface area contributed by atoms with Crippen molar-refractivity contribution >= 4 is 29.7 Å². The summed E-state index contributed by atoms with van der Waals surface area (Å²) in [5.74, 6) is -0.0390. The molecule has 0 aromatic heterocycles. The molecule has 35 heavy (non-hydrogen) atoms. The molecule has 3 atom stereocenters. The van der Waals surface area contributed by atoms with E-state index in [1.54, 1.807) is 4.90 Å². The molecular weight excluding hydrogens is 464 g/mol. The number of rotatable bonds is 8. The van der Waals surface area contributed by atoms with Crippen molar-refractivity contribution in [1.82, 2.24) is 10.2 Å². The van der Waals surface area contributed by atoms with Crippen molar-refractivity contribution in [2.24, 2.45) is 11.8 Å². The van der Waals surface area contributed by atoms with Crippen LogP contribution in [0.25, 0.3) is 11.1 Å². The van der Waals surface area contributed by atoms with E-state index in [9.17, 15) is 19.5 Å². The fourth-order valence-corrected chi connectivity index (χ4v) is 6.59. The summed E-state index contributed by atoms with van der Waals surface area (Å²) in [5, 5.41) is 12.2. The summed E-state index contributed by atoms with van der Waals surface area (Å²) >= 11 is 1.45. The Morgan fingerprint density at radius 3 is 2.37 bits per heavy atom. The highest BCUT2D eigenvalue weighted by Gasteiger charge is 2.45. The lowest BCUT2D eigenvalue weighted by molar-refractivity contribution is -0.154. The maximum atomic E-state index is 12.7. The molecule has 7 nitrogen and oxygen atoms in total. The van der Waals surface area contributed by atoms with Crippen molar-refractivity contribution in [2.75, 3.05) is 31.2 Å². The molecule has 3 fully saturated rings. The maximum Gasteiger partial charge on any atom is 0.407 e. The number of alkyl carbamates (subject to hydrolysis) is 1. The molecule has 8 heteroatoms. The van der Waals surface area contributed by atoms with Gasteiger partial charge in [0.15, 0.2) is 0 Å². The fraction of sp³-hybridized carbons (Fsp3) is 0.444. The number of nitrogens with zero attached hydrogens (tertiary/aromatic N) is 1. The minimum absolute atomic E-state index is 0.00297. The van der Waals surface area contributed by atoms with Gasteiger partial charge < -0.3 is 20.1 Å². The van der Waals surface area contributed by atoms with E-state index in [0.717, 1.165) is 12.8 Å². The highest BCUT2D eigenvalue weighted by Crippen LogP contribution is 2.44. The third kappa shape index (κ3) is 4.89. The van der Waals surface area contributed by atoms with Crippen LogP contribution in [-0.4, -0.2) is 65.2 Å². The van der Waals surface area contributed by atoms with Crippen LogP contribution >= 0.6 is 11.8 Å². The molecule has 4 aliphatic rings. The second kappa shape index (κ2) is 10.3. The second-order valence-corrected chi connectivity index (χ2v) is 10.6. The SMILES string of the molecule is O=C(NCCSCC(=O)N1CC2CCC1C(C(=O)O)C2)OCC1c2ccccc2-c2ccccc21. The highest BCUT2D eigenvalue weighted by molar-refractivity contribution is 7.99. The number of piperidine rings is 2. The molecule has 184 valence electrons. The summed E-state index contributed by atoms with van der Waals surface area (Å²) < 4.78 is 5.54. The number of benzene rings is 2. The number of amides is 2. The van der Waals surface area contributed by atoms with Crippen LogP contribution in [0.2, 0.25) is 0 Å². The number of carboxylic acids is 1. The zero-order chi connectivity index (χ0) is 24.4. The molecule has 2 N–H and O–H groups in total. The Labute approximate surface area is 209 Å². The standard InChI is InChI=1S/C27H30N2O5S/c30-25(29-14-17-9-10-24(29)22(13-17)26(31)32)16-35-12-11-28-27(33)34-15-23-20-7-3-1-5-18(20)19-6-2-4-8-21(19)23/h1-8,17,22-24H,9-16H2,(H,28,33)(H,31,32). The first-order valence-corrected chi connectivity index (χ1v) is 13.4. The number of carboxylic acid groups (broad SMARTS) is 1. The Morgan fingerprint density at radius 2 is 1.71 bits per heavy atom. The number of hydrogen-bond donors (Lipinski definition) is 2. The molecule has 2 heterocycles. The Morgan fingerprint density at radius 1 is 1.03 bits per heavy atom. The largest absolute Gasteiger partial charge is 0.481 e. The first-order chi connectivity index (χ1) is 17.0. The molecule has 2 aromatic rings. The minimum atomic E-state index is -0.794. The first kappa shape index (κ1) is 23.7. The number of fused-ring (bicyclic) bond motifs is 6. The monoisotopic (exact) mass is 494 g/mol. The number of thioether (sulfide) groups is 1. The molecule has 2 aliphatic carbocycles. The van der Waals surface area contributed by atoms with E-state index in [1.165, 1.54) is 34.0 Å². The van der Waals surface area contributed by atoms with E-state index in [1.807, 2.05) is 24.3 Å². The van der Waals surface area contributed by atoms with Gasteiger partial charge in [-0.05, 0) is 47.4 Å². The number of carbonyl (C=O) groups excluding carboxylic acids is 2. The number of carbonyl (C=O) groups is 3. The van der Waals surface area contributed by atoms with Crippen LogP contribution in [0, 0.1) is 11.8 Å². The Balaban J connectivity index is 1.04. The molecule has 0 spiro atoms. The summed E-state index contributed by atoms with van der Waals surface area (Å²) in [7, 11) is 0. The summed E-state index contributed by atoms with van der Waals surface area (Å²) in [6.07, 6.45) is 2.01. The van der Waals surface area contributed by atoms with E-state index in [4.69, 9.17) is 4.74 Å². The zero-order valence-electron chi connectivity index (χ0n) is 19.5. The number of aliphatic carboxylic acids is 1. The lowest BCUT2D eigenvalue weighted by Crippen LogP contribution is -2.57. The van der Waals surface area contributed by atoms with Crippen LogP contribution in [0.4, 0.5) is 4.79 Å². The van der Waals surface area contributed by atoms with Crippen LogP contribution in [-0.2, 0) is 14.3 Å². The molecule has 2 bridgehead atoms. The molecule has 3 unspecified atom stereocenters. The van der Waals surface area contributed by atoms with Crippen LogP contribution < -0.4 is 5.32 Å². The Bertz CT molecular complexity index is 1080. The topological polar surface area (TPSA) is 95.9 Å². The molecule has 1 saturated carbocycles. The van der Waals surface area contributed by atoms with Crippen LogP contribution in [0.3, 0.4) is 0 Å². The van der Waals surface area contributed by atoms with Crippen molar-refractivity contribution in [3.05, 3.63) is 59.7 Å². The van der Waals surface area contributed by atoms with Crippen molar-refractivity contribution < 1.29 is 24.2 Å². The third-order valence-electron chi connectivity index (χ3n) is 7.50. The Kier molecular flexibility index (Phi) is 7.00. The molecule has 6 rings (SSSR count).